The molecule has 0 spiro atoms. The van der Waals surface area contributed by atoms with Gasteiger partial charge in [0.15, 0.2) is 5.78 Å². The van der Waals surface area contributed by atoms with E-state index in [1.165, 1.54) is 7.11 Å². The van der Waals surface area contributed by atoms with Crippen molar-refractivity contribution in [3.8, 4) is 0 Å². The Kier molecular flexibility index (Phi) is 6.88. The van der Waals surface area contributed by atoms with Crippen LogP contribution >= 0.6 is 0 Å². The van der Waals surface area contributed by atoms with E-state index in [1.807, 2.05) is 0 Å². The molecule has 0 rings (SSSR count). The maximum absolute atomic E-state index is 11.7. The molecule has 0 saturated carbocycles. The van der Waals surface area contributed by atoms with Crippen molar-refractivity contribution in [1.82, 2.24) is 0 Å². The summed E-state index contributed by atoms with van der Waals surface area (Å²) < 4.78 is 27.8. The van der Waals surface area contributed by atoms with E-state index in [9.17, 15) is 18.4 Å². The van der Waals surface area contributed by atoms with Crippen molar-refractivity contribution < 1.29 is 23.1 Å². The van der Waals surface area contributed by atoms with Gasteiger partial charge in [-0.05, 0) is 12.8 Å². The molecule has 0 saturated heterocycles. The topological polar surface area (TPSA) is 43.4 Å². The van der Waals surface area contributed by atoms with Crippen LogP contribution in [0.1, 0.15) is 32.1 Å². The number of ketones is 1. The summed E-state index contributed by atoms with van der Waals surface area (Å²) in [6.07, 6.45) is -1.13. The van der Waals surface area contributed by atoms with Gasteiger partial charge >= 0.3 is 5.97 Å². The fourth-order valence-corrected chi connectivity index (χ4v) is 0.957. The second kappa shape index (κ2) is 7.41. The summed E-state index contributed by atoms with van der Waals surface area (Å²) in [4.78, 5) is 21.1. The molecule has 0 amide bonds. The Hall–Kier alpha value is -1.00. The molecular weight excluding hydrogens is 194 g/mol. The molecule has 0 aromatic rings. The van der Waals surface area contributed by atoms with Crippen LogP contribution in [-0.2, 0) is 14.3 Å². The molecule has 0 atom stereocenters. The first-order chi connectivity index (χ1) is 6.57. The van der Waals surface area contributed by atoms with Crippen molar-refractivity contribution >= 4 is 11.8 Å². The van der Waals surface area contributed by atoms with Gasteiger partial charge in [0.1, 0.15) is 0 Å². The Bertz CT molecular complexity index is 192. The number of methoxy groups -OCH3 is 1. The van der Waals surface area contributed by atoms with Crippen molar-refractivity contribution in [2.45, 2.75) is 38.5 Å². The molecule has 0 N–H and O–H groups in total. The summed E-state index contributed by atoms with van der Waals surface area (Å²) in [6, 6.07) is 0. The molecule has 14 heavy (non-hydrogen) atoms. The Balaban J connectivity index is 3.30. The molecule has 0 unspecified atom stereocenters. The largest absolute Gasteiger partial charge is 0.469 e. The van der Waals surface area contributed by atoms with E-state index >= 15 is 0 Å². The summed E-state index contributed by atoms with van der Waals surface area (Å²) in [5, 5.41) is 0. The smallest absolute Gasteiger partial charge is 0.305 e. The molecule has 0 heterocycles. The lowest BCUT2D eigenvalue weighted by Crippen LogP contribution is -2.09. The lowest BCUT2D eigenvalue weighted by molar-refractivity contribution is -0.140. The Morgan fingerprint density at radius 1 is 1.14 bits per heavy atom. The molecule has 0 fully saturated rings. The number of Topliss-reactive ketones (excluding diaryl/α,β-unsaturated/α-hetero) is 1. The monoisotopic (exact) mass is 208 g/mol. The highest BCUT2D eigenvalue weighted by Gasteiger charge is 2.13. The summed E-state index contributed by atoms with van der Waals surface area (Å²) in [7, 11) is 1.29. The maximum Gasteiger partial charge on any atom is 0.305 e. The highest BCUT2D eigenvalue weighted by molar-refractivity contribution is 5.81. The number of hydrogen-bond acceptors (Lipinski definition) is 3. The van der Waals surface area contributed by atoms with E-state index in [4.69, 9.17) is 0 Å². The first-order valence-corrected chi connectivity index (χ1v) is 4.45. The van der Waals surface area contributed by atoms with Gasteiger partial charge in [-0.15, -0.1) is 0 Å². The summed E-state index contributed by atoms with van der Waals surface area (Å²) in [5.74, 6) is -1.34. The highest BCUT2D eigenvalue weighted by atomic mass is 19.3. The minimum absolute atomic E-state index is 0.112. The summed E-state index contributed by atoms with van der Waals surface area (Å²) in [5.41, 5.74) is 0. The van der Waals surface area contributed by atoms with Gasteiger partial charge in [0, 0.05) is 12.8 Å². The molecule has 82 valence electrons. The molecule has 0 aliphatic heterocycles. The molecule has 3 nitrogen and oxygen atoms in total. The number of carbonyl (C=O) groups is 2. The van der Waals surface area contributed by atoms with Crippen molar-refractivity contribution in [3.63, 3.8) is 0 Å². The second-order valence-corrected chi connectivity index (χ2v) is 2.90. The predicted octanol–water partition coefficient (Wildman–Crippen LogP) is 1.94. The van der Waals surface area contributed by atoms with E-state index in [0.29, 0.717) is 19.3 Å². The highest BCUT2D eigenvalue weighted by Crippen LogP contribution is 2.07. The van der Waals surface area contributed by atoms with Crippen LogP contribution in [0.2, 0.25) is 0 Å². The number of unbranched alkanes of at least 4 members (excludes halogenated alkanes) is 2. The van der Waals surface area contributed by atoms with Crippen molar-refractivity contribution in [3.05, 3.63) is 0 Å². The molecule has 5 heteroatoms. The Morgan fingerprint density at radius 2 is 1.71 bits per heavy atom. The van der Waals surface area contributed by atoms with E-state index in [0.717, 1.165) is 0 Å². The zero-order valence-electron chi connectivity index (χ0n) is 8.09. The van der Waals surface area contributed by atoms with Crippen LogP contribution in [0.4, 0.5) is 8.78 Å². The quantitative estimate of drug-likeness (QED) is 0.474. The zero-order valence-corrected chi connectivity index (χ0v) is 8.09. The van der Waals surface area contributed by atoms with Gasteiger partial charge in [0.25, 0.3) is 6.43 Å². The number of rotatable bonds is 7. The number of carbonyl (C=O) groups excluding carboxylic acids is 2. The van der Waals surface area contributed by atoms with Crippen molar-refractivity contribution in [2.24, 2.45) is 0 Å². The lowest BCUT2D eigenvalue weighted by Gasteiger charge is -2.00. The normalized spacial score (nSPS) is 10.3. The molecular formula is C9H14F2O3. The number of ether oxygens (including phenoxy) is 1. The fourth-order valence-electron chi connectivity index (χ4n) is 0.957. The average Bonchev–Trinajstić information content (AvgIpc) is 2.16. The van der Waals surface area contributed by atoms with Crippen molar-refractivity contribution in [2.75, 3.05) is 7.11 Å². The molecule has 0 bridgehead atoms. The zero-order chi connectivity index (χ0) is 11.0. The van der Waals surface area contributed by atoms with Crippen LogP contribution in [0.15, 0.2) is 0 Å². The van der Waals surface area contributed by atoms with Gasteiger partial charge < -0.3 is 4.74 Å². The third kappa shape index (κ3) is 6.51. The number of esters is 1. The lowest BCUT2D eigenvalue weighted by atomic mass is 10.1. The minimum Gasteiger partial charge on any atom is -0.469 e. The molecule has 0 aromatic heterocycles. The fraction of sp³-hybridized carbons (Fsp3) is 0.778. The predicted molar refractivity (Wildman–Crippen MR) is 46.1 cm³/mol. The van der Waals surface area contributed by atoms with Crippen LogP contribution < -0.4 is 0 Å². The van der Waals surface area contributed by atoms with Crippen LogP contribution in [0, 0.1) is 0 Å². The van der Waals surface area contributed by atoms with Gasteiger partial charge in [0.2, 0.25) is 0 Å². The van der Waals surface area contributed by atoms with Gasteiger partial charge in [-0.2, -0.15) is 0 Å². The SMILES string of the molecule is COC(=O)CCCCCC(=O)C(F)F. The van der Waals surface area contributed by atoms with E-state index in [1.54, 1.807) is 0 Å². The maximum atomic E-state index is 11.7. The third-order valence-corrected chi connectivity index (χ3v) is 1.78. The first-order valence-electron chi connectivity index (χ1n) is 4.45. The van der Waals surface area contributed by atoms with Crippen LogP contribution in [-0.4, -0.2) is 25.3 Å². The van der Waals surface area contributed by atoms with E-state index in [2.05, 4.69) is 4.74 Å². The van der Waals surface area contributed by atoms with Crippen LogP contribution in [0.25, 0.3) is 0 Å². The second-order valence-electron chi connectivity index (χ2n) is 2.90. The number of hydrogen-bond donors (Lipinski definition) is 0. The Labute approximate surface area is 81.4 Å². The van der Waals surface area contributed by atoms with Crippen molar-refractivity contribution in [1.29, 1.82) is 0 Å². The average molecular weight is 208 g/mol. The number of alkyl halides is 2. The van der Waals surface area contributed by atoms with Crippen LogP contribution in [0.5, 0.6) is 0 Å². The van der Waals surface area contributed by atoms with Gasteiger partial charge in [0.05, 0.1) is 7.11 Å². The molecule has 0 aromatic carbocycles. The standard InChI is InChI=1S/C9H14F2O3/c1-14-8(13)6-4-2-3-5-7(12)9(10)11/h9H,2-6H2,1H3. The van der Waals surface area contributed by atoms with E-state index in [-0.39, 0.29) is 18.8 Å². The van der Waals surface area contributed by atoms with E-state index < -0.39 is 12.2 Å². The molecule has 0 aliphatic carbocycles. The third-order valence-electron chi connectivity index (χ3n) is 1.78. The van der Waals surface area contributed by atoms with Gasteiger partial charge in [-0.25, -0.2) is 8.78 Å². The summed E-state index contributed by atoms with van der Waals surface area (Å²) in [6.45, 7) is 0. The number of halogens is 2. The van der Waals surface area contributed by atoms with Gasteiger partial charge in [-0.3, -0.25) is 9.59 Å². The Morgan fingerprint density at radius 3 is 2.21 bits per heavy atom. The molecule has 0 aliphatic rings. The summed E-state index contributed by atoms with van der Waals surface area (Å²) >= 11 is 0. The minimum atomic E-state index is -2.87. The van der Waals surface area contributed by atoms with Crippen LogP contribution in [0.3, 0.4) is 0 Å². The van der Waals surface area contributed by atoms with Gasteiger partial charge in [-0.1, -0.05) is 6.42 Å². The molecule has 0 radical (unpaired) electrons. The first kappa shape index (κ1) is 13.0.